The quantitative estimate of drug-likeness (QED) is 0.682. The van der Waals surface area contributed by atoms with Gasteiger partial charge in [-0.15, -0.1) is 0 Å². The van der Waals surface area contributed by atoms with E-state index >= 15 is 0 Å². The Balaban J connectivity index is 2.33. The summed E-state index contributed by atoms with van der Waals surface area (Å²) < 4.78 is 12.4. The minimum atomic E-state index is -0.239. The Hall–Kier alpha value is -0.150. The Labute approximate surface area is 91.5 Å². The fraction of sp³-hybridized carbons (Fsp3) is 1.00. The molecular formula is C12H24FO2+. The summed E-state index contributed by atoms with van der Waals surface area (Å²) >= 11 is 0. The molecule has 0 spiro atoms. The molecule has 1 atom stereocenters. The van der Waals surface area contributed by atoms with Gasteiger partial charge < -0.3 is 10.2 Å². The number of alkyl halides is 1. The highest BCUT2D eigenvalue weighted by Gasteiger charge is 2.27. The largest absolute Gasteiger partial charge is 0.443 e. The molecule has 15 heavy (non-hydrogen) atoms. The van der Waals surface area contributed by atoms with Gasteiger partial charge in [-0.3, -0.25) is 4.39 Å². The first-order chi connectivity index (χ1) is 7.27. The number of rotatable bonds is 6. The third-order valence-electron chi connectivity index (χ3n) is 3.65. The summed E-state index contributed by atoms with van der Waals surface area (Å²) in [6, 6.07) is 0. The van der Waals surface area contributed by atoms with Gasteiger partial charge in [-0.2, -0.15) is 0 Å². The maximum atomic E-state index is 12.4. The molecule has 0 amide bonds. The SMILES string of the molecule is OCCCC(CCF)C1CCC([OH2+])CC1. The van der Waals surface area contributed by atoms with Gasteiger partial charge in [0.1, 0.15) is 0 Å². The van der Waals surface area contributed by atoms with E-state index in [0.29, 0.717) is 18.3 Å². The third kappa shape index (κ3) is 4.47. The maximum absolute atomic E-state index is 12.4. The zero-order valence-electron chi connectivity index (χ0n) is 9.42. The zero-order valence-corrected chi connectivity index (χ0v) is 9.42. The van der Waals surface area contributed by atoms with Crippen LogP contribution in [0.3, 0.4) is 0 Å². The van der Waals surface area contributed by atoms with Crippen molar-refractivity contribution in [3.05, 3.63) is 0 Å². The van der Waals surface area contributed by atoms with Gasteiger partial charge in [0.15, 0.2) is 6.10 Å². The smallest absolute Gasteiger partial charge is 0.153 e. The van der Waals surface area contributed by atoms with Crippen LogP contribution in [0.15, 0.2) is 0 Å². The lowest BCUT2D eigenvalue weighted by Crippen LogP contribution is -2.24. The van der Waals surface area contributed by atoms with Crippen LogP contribution in [0, 0.1) is 11.8 Å². The molecule has 1 aliphatic rings. The van der Waals surface area contributed by atoms with E-state index in [4.69, 9.17) is 10.2 Å². The first-order valence-electron chi connectivity index (χ1n) is 6.15. The minimum Gasteiger partial charge on any atom is -0.443 e. The molecule has 0 bridgehead atoms. The minimum absolute atomic E-state index is 0.116. The van der Waals surface area contributed by atoms with Gasteiger partial charge in [-0.05, 0) is 43.9 Å². The highest BCUT2D eigenvalue weighted by molar-refractivity contribution is 4.77. The molecule has 1 rings (SSSR count). The molecule has 1 unspecified atom stereocenters. The molecule has 0 aliphatic heterocycles. The Kier molecular flexibility index (Phi) is 6.18. The van der Waals surface area contributed by atoms with Gasteiger partial charge in [0.25, 0.3) is 0 Å². The van der Waals surface area contributed by atoms with Crippen LogP contribution < -0.4 is 0 Å². The second-order valence-corrected chi connectivity index (χ2v) is 4.72. The van der Waals surface area contributed by atoms with E-state index in [0.717, 1.165) is 38.5 Å². The van der Waals surface area contributed by atoms with Crippen LogP contribution in [-0.4, -0.2) is 29.6 Å². The molecule has 2 nitrogen and oxygen atoms in total. The molecule has 1 saturated carbocycles. The van der Waals surface area contributed by atoms with Crippen LogP contribution >= 0.6 is 0 Å². The summed E-state index contributed by atoms with van der Waals surface area (Å²) in [5, 5.41) is 16.4. The number of hydrogen-bond acceptors (Lipinski definition) is 1. The van der Waals surface area contributed by atoms with E-state index in [-0.39, 0.29) is 19.4 Å². The van der Waals surface area contributed by atoms with Gasteiger partial charge in [0, 0.05) is 19.4 Å². The Morgan fingerprint density at radius 2 is 1.87 bits per heavy atom. The van der Waals surface area contributed by atoms with Crippen LogP contribution in [0.25, 0.3) is 0 Å². The van der Waals surface area contributed by atoms with Crippen molar-refractivity contribution < 1.29 is 14.6 Å². The second kappa shape index (κ2) is 7.18. The van der Waals surface area contributed by atoms with Crippen molar-refractivity contribution in [3.8, 4) is 0 Å². The summed E-state index contributed by atoms with van der Waals surface area (Å²) in [5.74, 6) is 1.04. The Morgan fingerprint density at radius 3 is 2.40 bits per heavy atom. The molecule has 90 valence electrons. The van der Waals surface area contributed by atoms with Gasteiger partial charge in [-0.1, -0.05) is 0 Å². The van der Waals surface area contributed by atoms with Gasteiger partial charge in [-0.25, -0.2) is 0 Å². The second-order valence-electron chi connectivity index (χ2n) is 4.72. The Morgan fingerprint density at radius 1 is 1.20 bits per heavy atom. The molecule has 0 aromatic heterocycles. The molecule has 3 heteroatoms. The average Bonchev–Trinajstić information content (AvgIpc) is 2.25. The van der Waals surface area contributed by atoms with Gasteiger partial charge in [0.05, 0.1) is 6.67 Å². The van der Waals surface area contributed by atoms with Crippen LogP contribution in [0.1, 0.15) is 44.9 Å². The molecule has 3 N–H and O–H groups in total. The fourth-order valence-corrected chi connectivity index (χ4v) is 2.70. The van der Waals surface area contributed by atoms with Crippen molar-refractivity contribution in [2.45, 2.75) is 51.0 Å². The van der Waals surface area contributed by atoms with Crippen molar-refractivity contribution in [2.24, 2.45) is 11.8 Å². The lowest BCUT2D eigenvalue weighted by Gasteiger charge is -2.30. The number of aliphatic hydroxyl groups is 1. The number of aliphatic hydroxyl groups excluding tert-OH is 1. The summed E-state index contributed by atoms with van der Waals surface area (Å²) in [6.45, 7) is -0.0204. The van der Waals surface area contributed by atoms with E-state index in [1.165, 1.54) is 0 Å². The fourth-order valence-electron chi connectivity index (χ4n) is 2.70. The molecular weight excluding hydrogens is 195 g/mol. The van der Waals surface area contributed by atoms with Crippen molar-refractivity contribution in [2.75, 3.05) is 13.3 Å². The first-order valence-corrected chi connectivity index (χ1v) is 6.15. The van der Waals surface area contributed by atoms with Crippen LogP contribution in [0.5, 0.6) is 0 Å². The predicted octanol–water partition coefficient (Wildman–Crippen LogP) is 2.02. The van der Waals surface area contributed by atoms with Gasteiger partial charge >= 0.3 is 0 Å². The van der Waals surface area contributed by atoms with E-state index in [1.54, 1.807) is 0 Å². The van der Waals surface area contributed by atoms with Crippen molar-refractivity contribution in [1.82, 2.24) is 0 Å². The molecule has 1 fully saturated rings. The van der Waals surface area contributed by atoms with Crippen molar-refractivity contribution in [3.63, 3.8) is 0 Å². The first kappa shape index (κ1) is 12.9. The maximum Gasteiger partial charge on any atom is 0.153 e. The Bertz CT molecular complexity index is 156. The molecule has 0 aromatic rings. The van der Waals surface area contributed by atoms with E-state index < -0.39 is 0 Å². The lowest BCUT2D eigenvalue weighted by atomic mass is 9.76. The predicted molar refractivity (Wildman–Crippen MR) is 59.8 cm³/mol. The van der Waals surface area contributed by atoms with E-state index in [1.807, 2.05) is 0 Å². The topological polar surface area (TPSA) is 43.1 Å². The highest BCUT2D eigenvalue weighted by Crippen LogP contribution is 2.34. The molecule has 0 radical (unpaired) electrons. The summed E-state index contributed by atoms with van der Waals surface area (Å²) in [4.78, 5) is 0. The van der Waals surface area contributed by atoms with Crippen molar-refractivity contribution >= 4 is 0 Å². The summed E-state index contributed by atoms with van der Waals surface area (Å²) in [6.07, 6.45) is 6.64. The monoisotopic (exact) mass is 219 g/mol. The number of halogens is 1. The number of hydrogen-bond donors (Lipinski definition) is 1. The normalized spacial score (nSPS) is 29.0. The van der Waals surface area contributed by atoms with Crippen molar-refractivity contribution in [1.29, 1.82) is 0 Å². The summed E-state index contributed by atoms with van der Waals surface area (Å²) in [5.41, 5.74) is 0. The van der Waals surface area contributed by atoms with Crippen LogP contribution in [0.4, 0.5) is 4.39 Å². The molecule has 1 aliphatic carbocycles. The summed E-state index contributed by atoms with van der Waals surface area (Å²) in [7, 11) is 0. The molecule has 0 saturated heterocycles. The molecule has 0 aromatic carbocycles. The zero-order chi connectivity index (χ0) is 11.1. The van der Waals surface area contributed by atoms with E-state index in [2.05, 4.69) is 0 Å². The van der Waals surface area contributed by atoms with E-state index in [9.17, 15) is 4.39 Å². The van der Waals surface area contributed by atoms with Gasteiger partial charge in [0.2, 0.25) is 0 Å². The van der Waals surface area contributed by atoms with Crippen LogP contribution in [-0.2, 0) is 0 Å². The molecule has 0 heterocycles. The average molecular weight is 219 g/mol. The standard InChI is InChI=1S/C12H23FO2/c13-8-7-10(2-1-9-14)11-3-5-12(15)6-4-11/h10-12,14-15H,1-9H2/p+1. The highest BCUT2D eigenvalue weighted by atomic mass is 19.1. The van der Waals surface area contributed by atoms with Crippen LogP contribution in [0.2, 0.25) is 0 Å². The third-order valence-corrected chi connectivity index (χ3v) is 3.65. The lowest BCUT2D eigenvalue weighted by molar-refractivity contribution is 0.0834.